The van der Waals surface area contributed by atoms with E-state index in [0.717, 1.165) is 37.7 Å². The number of carboxylic acid groups (broad SMARTS) is 1. The van der Waals surface area contributed by atoms with E-state index in [1.165, 1.54) is 0 Å². The fourth-order valence-electron chi connectivity index (χ4n) is 3.66. The van der Waals surface area contributed by atoms with E-state index in [0.29, 0.717) is 11.5 Å². The van der Waals surface area contributed by atoms with Crippen LogP contribution in [0.1, 0.15) is 39.0 Å². The Hall–Kier alpha value is -1.09. The topological polar surface area (TPSA) is 57.5 Å². The van der Waals surface area contributed by atoms with Crippen LogP contribution in [0.2, 0.25) is 0 Å². The number of allylic oxidation sites excluding steroid dienone is 1. The van der Waals surface area contributed by atoms with E-state index in [4.69, 9.17) is 5.11 Å². The summed E-state index contributed by atoms with van der Waals surface area (Å²) in [5.74, 6) is -0.492. The fourth-order valence-corrected chi connectivity index (χ4v) is 3.66. The average molecular weight is 250 g/mol. The van der Waals surface area contributed by atoms with Crippen LogP contribution in [-0.2, 0) is 4.79 Å². The molecule has 0 heterocycles. The summed E-state index contributed by atoms with van der Waals surface area (Å²) in [7, 11) is 0. The molecule has 18 heavy (non-hydrogen) atoms. The van der Waals surface area contributed by atoms with Gasteiger partial charge in [0.1, 0.15) is 0 Å². The summed E-state index contributed by atoms with van der Waals surface area (Å²) in [5.41, 5.74) is 1.67. The Morgan fingerprint density at radius 1 is 1.56 bits per heavy atom. The molecule has 0 spiro atoms. The highest BCUT2D eigenvalue weighted by atomic mass is 16.4. The molecular weight excluding hydrogens is 228 g/mol. The zero-order valence-electron chi connectivity index (χ0n) is 11.0. The average Bonchev–Trinajstić information content (AvgIpc) is 2.35. The molecule has 3 atom stereocenters. The number of rotatable bonds is 3. The second-order valence-electron chi connectivity index (χ2n) is 5.98. The van der Waals surface area contributed by atoms with Crippen molar-refractivity contribution in [3.8, 4) is 0 Å². The number of aliphatic hydroxyl groups excluding tert-OH is 1. The molecule has 2 rings (SSSR count). The molecule has 2 aliphatic carbocycles. The van der Waals surface area contributed by atoms with E-state index in [1.807, 2.05) is 0 Å². The summed E-state index contributed by atoms with van der Waals surface area (Å²) in [6, 6.07) is 0. The summed E-state index contributed by atoms with van der Waals surface area (Å²) in [4.78, 5) is 11.0. The monoisotopic (exact) mass is 250 g/mol. The summed E-state index contributed by atoms with van der Waals surface area (Å²) in [5, 5.41) is 18.5. The van der Waals surface area contributed by atoms with Gasteiger partial charge in [0.15, 0.2) is 0 Å². The van der Waals surface area contributed by atoms with Crippen molar-refractivity contribution in [1.29, 1.82) is 0 Å². The number of aliphatic carboxylic acids is 1. The van der Waals surface area contributed by atoms with Crippen LogP contribution in [0.25, 0.3) is 0 Å². The smallest absolute Gasteiger partial charge is 0.331 e. The summed E-state index contributed by atoms with van der Waals surface area (Å²) in [6.07, 6.45) is 7.09. The fraction of sp³-hybridized carbons (Fsp3) is 0.667. The first-order valence-corrected chi connectivity index (χ1v) is 6.70. The van der Waals surface area contributed by atoms with Gasteiger partial charge in [0.25, 0.3) is 0 Å². The normalized spacial score (nSPS) is 35.6. The third kappa shape index (κ3) is 2.24. The van der Waals surface area contributed by atoms with Crippen LogP contribution in [0.15, 0.2) is 23.8 Å². The van der Waals surface area contributed by atoms with Crippen LogP contribution < -0.4 is 0 Å². The molecule has 3 unspecified atom stereocenters. The van der Waals surface area contributed by atoms with Crippen LogP contribution in [-0.4, -0.2) is 22.8 Å². The lowest BCUT2D eigenvalue weighted by molar-refractivity contribution is -0.133. The Kier molecular flexibility index (Phi) is 3.62. The highest BCUT2D eigenvalue weighted by Crippen LogP contribution is 2.52. The van der Waals surface area contributed by atoms with Crippen molar-refractivity contribution in [3.05, 3.63) is 23.8 Å². The molecule has 0 aromatic carbocycles. The number of hydrogen-bond acceptors (Lipinski definition) is 2. The van der Waals surface area contributed by atoms with E-state index < -0.39 is 5.97 Å². The molecule has 0 radical (unpaired) electrons. The van der Waals surface area contributed by atoms with Crippen LogP contribution in [0.4, 0.5) is 0 Å². The number of carboxylic acids is 1. The molecule has 0 aromatic rings. The molecule has 100 valence electrons. The Morgan fingerprint density at radius 2 is 2.28 bits per heavy atom. The maximum absolute atomic E-state index is 11.0. The highest BCUT2D eigenvalue weighted by molar-refractivity contribution is 5.86. The van der Waals surface area contributed by atoms with Gasteiger partial charge in [-0.05, 0) is 54.9 Å². The number of aliphatic hydroxyl groups is 1. The van der Waals surface area contributed by atoms with Gasteiger partial charge in [-0.1, -0.05) is 19.6 Å². The molecule has 3 heteroatoms. The van der Waals surface area contributed by atoms with Gasteiger partial charge >= 0.3 is 5.97 Å². The lowest BCUT2D eigenvalue weighted by Gasteiger charge is -2.48. The summed E-state index contributed by atoms with van der Waals surface area (Å²) >= 11 is 0. The number of hydrogen-bond donors (Lipinski definition) is 2. The molecule has 2 N–H and O–H groups in total. The second-order valence-corrected chi connectivity index (χ2v) is 5.98. The van der Waals surface area contributed by atoms with Gasteiger partial charge < -0.3 is 10.2 Å². The summed E-state index contributed by atoms with van der Waals surface area (Å²) in [6.45, 7) is 6.09. The lowest BCUT2D eigenvalue weighted by Crippen LogP contribution is -2.39. The predicted octanol–water partition coefficient (Wildman–Crippen LogP) is 2.76. The molecule has 0 bridgehead atoms. The highest BCUT2D eigenvalue weighted by Gasteiger charge is 2.43. The third-order valence-corrected chi connectivity index (χ3v) is 4.95. The van der Waals surface area contributed by atoms with E-state index in [2.05, 4.69) is 19.6 Å². The predicted molar refractivity (Wildman–Crippen MR) is 70.1 cm³/mol. The van der Waals surface area contributed by atoms with E-state index >= 15 is 0 Å². The van der Waals surface area contributed by atoms with Crippen molar-refractivity contribution >= 4 is 5.97 Å². The van der Waals surface area contributed by atoms with Gasteiger partial charge in [-0.3, -0.25) is 0 Å². The van der Waals surface area contributed by atoms with Crippen molar-refractivity contribution in [2.75, 3.05) is 6.61 Å². The van der Waals surface area contributed by atoms with Crippen molar-refractivity contribution < 1.29 is 15.0 Å². The van der Waals surface area contributed by atoms with Crippen molar-refractivity contribution in [3.63, 3.8) is 0 Å². The first-order chi connectivity index (χ1) is 8.48. The maximum atomic E-state index is 11.0. The van der Waals surface area contributed by atoms with Gasteiger partial charge in [0, 0.05) is 5.57 Å². The van der Waals surface area contributed by atoms with E-state index in [1.54, 1.807) is 0 Å². The minimum Gasteiger partial charge on any atom is -0.478 e. The molecule has 1 fully saturated rings. The third-order valence-electron chi connectivity index (χ3n) is 4.95. The van der Waals surface area contributed by atoms with Crippen LogP contribution in [0, 0.1) is 17.3 Å². The van der Waals surface area contributed by atoms with E-state index in [9.17, 15) is 9.90 Å². The first kappa shape index (κ1) is 13.3. The maximum Gasteiger partial charge on any atom is 0.331 e. The first-order valence-electron chi connectivity index (χ1n) is 6.70. The van der Waals surface area contributed by atoms with E-state index in [-0.39, 0.29) is 17.9 Å². The lowest BCUT2D eigenvalue weighted by atomic mass is 9.57. The Morgan fingerprint density at radius 3 is 2.89 bits per heavy atom. The molecule has 0 saturated heterocycles. The Balaban J connectivity index is 2.19. The Bertz CT molecular complexity index is 397. The van der Waals surface area contributed by atoms with Crippen molar-refractivity contribution in [1.82, 2.24) is 0 Å². The second kappa shape index (κ2) is 4.88. The van der Waals surface area contributed by atoms with Gasteiger partial charge in [-0.2, -0.15) is 0 Å². The molecule has 0 amide bonds. The Labute approximate surface area is 108 Å². The minimum absolute atomic E-state index is 0.0635. The number of carbonyl (C=O) groups is 1. The van der Waals surface area contributed by atoms with Crippen LogP contribution in [0.5, 0.6) is 0 Å². The molecule has 1 saturated carbocycles. The molecule has 3 nitrogen and oxygen atoms in total. The summed E-state index contributed by atoms with van der Waals surface area (Å²) < 4.78 is 0. The van der Waals surface area contributed by atoms with Gasteiger partial charge in [0.2, 0.25) is 0 Å². The van der Waals surface area contributed by atoms with Gasteiger partial charge in [-0.15, -0.1) is 0 Å². The number of fused-ring (bicyclic) bond motifs is 1. The zero-order valence-corrected chi connectivity index (χ0v) is 11.0. The molecular formula is C15H22O3. The van der Waals surface area contributed by atoms with Gasteiger partial charge in [-0.25, -0.2) is 4.79 Å². The molecule has 2 aliphatic rings. The zero-order chi connectivity index (χ0) is 13.3. The van der Waals surface area contributed by atoms with Gasteiger partial charge in [0.05, 0.1) is 6.61 Å². The largest absolute Gasteiger partial charge is 0.478 e. The minimum atomic E-state index is -0.881. The van der Waals surface area contributed by atoms with Crippen LogP contribution >= 0.6 is 0 Å². The van der Waals surface area contributed by atoms with Crippen molar-refractivity contribution in [2.24, 2.45) is 17.3 Å². The standard InChI is InChI=1S/C15H22O3/c1-10(14(17)18)11-5-7-15(2)6-3-4-12(9-16)13(15)8-11/h4,11,13,16H,1,3,5-9H2,2H3,(H,17,18). The molecule has 0 aliphatic heterocycles. The molecule has 0 aromatic heterocycles. The van der Waals surface area contributed by atoms with Crippen molar-refractivity contribution in [2.45, 2.75) is 39.0 Å². The van der Waals surface area contributed by atoms with Crippen LogP contribution in [0.3, 0.4) is 0 Å². The SMILES string of the molecule is C=C(C(=O)O)C1CCC2(C)CCC=C(CO)C2C1. The quantitative estimate of drug-likeness (QED) is 0.598.